The Kier molecular flexibility index (Phi) is 2.44. The number of aromatic nitrogens is 2. The van der Waals surface area contributed by atoms with Crippen molar-refractivity contribution < 1.29 is 4.92 Å². The SMILES string of the molecule is Cc1nc(-c2ccccc2)c([N+](=O)[O-])n1C. The van der Waals surface area contributed by atoms with Crippen molar-refractivity contribution in [2.24, 2.45) is 7.05 Å². The molecule has 0 radical (unpaired) electrons. The van der Waals surface area contributed by atoms with Crippen molar-refractivity contribution in [3.8, 4) is 11.3 Å². The summed E-state index contributed by atoms with van der Waals surface area (Å²) in [5.41, 5.74) is 1.18. The van der Waals surface area contributed by atoms with Gasteiger partial charge >= 0.3 is 5.82 Å². The molecule has 1 aromatic carbocycles. The molecule has 0 unspecified atom stereocenters. The third kappa shape index (κ3) is 1.56. The van der Waals surface area contributed by atoms with Crippen LogP contribution in [0.25, 0.3) is 11.3 Å². The molecule has 1 aromatic heterocycles. The maximum absolute atomic E-state index is 11.0. The fourth-order valence-corrected chi connectivity index (χ4v) is 1.60. The van der Waals surface area contributed by atoms with Crippen LogP contribution < -0.4 is 0 Å². The monoisotopic (exact) mass is 217 g/mol. The molecule has 0 spiro atoms. The Morgan fingerprint density at radius 2 is 1.94 bits per heavy atom. The highest BCUT2D eigenvalue weighted by Crippen LogP contribution is 2.28. The summed E-state index contributed by atoms with van der Waals surface area (Å²) in [6.45, 7) is 1.75. The Bertz CT molecular complexity index is 532. The molecule has 5 heteroatoms. The first-order valence-corrected chi connectivity index (χ1v) is 4.84. The second kappa shape index (κ2) is 3.77. The van der Waals surface area contributed by atoms with Gasteiger partial charge in [0.15, 0.2) is 11.5 Å². The summed E-state index contributed by atoms with van der Waals surface area (Å²) in [6.07, 6.45) is 0. The average Bonchev–Trinajstić information content (AvgIpc) is 2.57. The molecule has 0 aliphatic rings. The Morgan fingerprint density at radius 1 is 1.31 bits per heavy atom. The number of nitrogens with zero attached hydrogens (tertiary/aromatic N) is 3. The molecule has 0 saturated carbocycles. The molecule has 0 N–H and O–H groups in total. The molecule has 0 atom stereocenters. The summed E-state index contributed by atoms with van der Waals surface area (Å²) < 4.78 is 1.49. The molecular weight excluding hydrogens is 206 g/mol. The standard InChI is InChI=1S/C11H11N3O2/c1-8-12-10(9-6-4-3-5-7-9)11(13(8)2)14(15)16/h3-7H,1-2H3. The maximum Gasteiger partial charge on any atom is 0.350 e. The van der Waals surface area contributed by atoms with Gasteiger partial charge < -0.3 is 10.1 Å². The lowest BCUT2D eigenvalue weighted by Gasteiger charge is -1.98. The second-order valence-electron chi connectivity index (χ2n) is 3.51. The first-order valence-electron chi connectivity index (χ1n) is 4.84. The molecule has 0 aliphatic heterocycles. The molecule has 1 heterocycles. The zero-order chi connectivity index (χ0) is 11.7. The van der Waals surface area contributed by atoms with E-state index < -0.39 is 4.92 Å². The molecule has 2 rings (SSSR count). The van der Waals surface area contributed by atoms with Crippen LogP contribution in [0.5, 0.6) is 0 Å². The van der Waals surface area contributed by atoms with Gasteiger partial charge in [-0.2, -0.15) is 0 Å². The van der Waals surface area contributed by atoms with Crippen molar-refractivity contribution in [3.63, 3.8) is 0 Å². The Balaban J connectivity index is 2.66. The van der Waals surface area contributed by atoms with Gasteiger partial charge in [0, 0.05) is 12.5 Å². The van der Waals surface area contributed by atoms with Crippen LogP contribution in [0.3, 0.4) is 0 Å². The lowest BCUT2D eigenvalue weighted by Crippen LogP contribution is -1.99. The summed E-state index contributed by atoms with van der Waals surface area (Å²) in [5, 5.41) is 11.0. The highest BCUT2D eigenvalue weighted by molar-refractivity contribution is 5.68. The van der Waals surface area contributed by atoms with Gasteiger partial charge in [0.25, 0.3) is 0 Å². The van der Waals surface area contributed by atoms with E-state index in [2.05, 4.69) is 4.98 Å². The number of hydrogen-bond donors (Lipinski definition) is 0. The van der Waals surface area contributed by atoms with E-state index in [1.165, 1.54) is 4.57 Å². The van der Waals surface area contributed by atoms with E-state index in [4.69, 9.17) is 0 Å². The summed E-state index contributed by atoms with van der Waals surface area (Å²) in [5.74, 6) is 0.661. The molecule has 2 aromatic rings. The second-order valence-corrected chi connectivity index (χ2v) is 3.51. The molecule has 16 heavy (non-hydrogen) atoms. The number of nitro groups is 1. The molecular formula is C11H11N3O2. The van der Waals surface area contributed by atoms with Crippen LogP contribution >= 0.6 is 0 Å². The van der Waals surface area contributed by atoms with Gasteiger partial charge in [-0.3, -0.25) is 0 Å². The van der Waals surface area contributed by atoms with E-state index in [1.54, 1.807) is 14.0 Å². The predicted molar refractivity (Wildman–Crippen MR) is 60.0 cm³/mol. The van der Waals surface area contributed by atoms with Gasteiger partial charge in [-0.15, -0.1) is 0 Å². The molecule has 0 amide bonds. The van der Waals surface area contributed by atoms with Crippen molar-refractivity contribution in [2.45, 2.75) is 6.92 Å². The minimum absolute atomic E-state index is 0.0312. The maximum atomic E-state index is 11.0. The Morgan fingerprint density at radius 3 is 2.50 bits per heavy atom. The van der Waals surface area contributed by atoms with Gasteiger partial charge in [0.1, 0.15) is 0 Å². The van der Waals surface area contributed by atoms with Crippen molar-refractivity contribution in [1.82, 2.24) is 9.55 Å². The number of aryl methyl sites for hydroxylation is 1. The number of rotatable bonds is 2. The van der Waals surface area contributed by atoms with E-state index in [0.717, 1.165) is 5.56 Å². The van der Waals surface area contributed by atoms with E-state index in [-0.39, 0.29) is 5.82 Å². The predicted octanol–water partition coefficient (Wildman–Crippen LogP) is 2.30. The van der Waals surface area contributed by atoms with Crippen LogP contribution in [0, 0.1) is 17.0 Å². The van der Waals surface area contributed by atoms with Crippen LogP contribution in [-0.2, 0) is 7.05 Å². The van der Waals surface area contributed by atoms with Crippen LogP contribution in [0.4, 0.5) is 5.82 Å². The largest absolute Gasteiger partial charge is 0.358 e. The van der Waals surface area contributed by atoms with Gasteiger partial charge in [0.2, 0.25) is 0 Å². The quantitative estimate of drug-likeness (QED) is 0.572. The van der Waals surface area contributed by atoms with Crippen molar-refractivity contribution in [1.29, 1.82) is 0 Å². The number of imidazole rings is 1. The van der Waals surface area contributed by atoms with Gasteiger partial charge in [-0.1, -0.05) is 30.3 Å². The molecule has 0 saturated heterocycles. The summed E-state index contributed by atoms with van der Waals surface area (Å²) in [7, 11) is 1.65. The Labute approximate surface area is 92.5 Å². The van der Waals surface area contributed by atoms with E-state index in [9.17, 15) is 10.1 Å². The zero-order valence-corrected chi connectivity index (χ0v) is 9.04. The molecule has 0 aliphatic carbocycles. The average molecular weight is 217 g/mol. The van der Waals surface area contributed by atoms with Crippen molar-refractivity contribution in [2.75, 3.05) is 0 Å². The molecule has 0 fully saturated rings. The summed E-state index contributed by atoms with van der Waals surface area (Å²) in [6, 6.07) is 9.17. The summed E-state index contributed by atoms with van der Waals surface area (Å²) in [4.78, 5) is 14.8. The smallest absolute Gasteiger partial charge is 0.350 e. The molecule has 82 valence electrons. The normalized spacial score (nSPS) is 10.4. The van der Waals surface area contributed by atoms with E-state index in [0.29, 0.717) is 11.5 Å². The minimum atomic E-state index is -0.400. The molecule has 0 bridgehead atoms. The van der Waals surface area contributed by atoms with Crippen molar-refractivity contribution >= 4 is 5.82 Å². The fourth-order valence-electron chi connectivity index (χ4n) is 1.60. The fraction of sp³-hybridized carbons (Fsp3) is 0.182. The molecule has 5 nitrogen and oxygen atoms in total. The van der Waals surface area contributed by atoms with Crippen LogP contribution in [-0.4, -0.2) is 14.5 Å². The van der Waals surface area contributed by atoms with Crippen molar-refractivity contribution in [3.05, 3.63) is 46.3 Å². The third-order valence-electron chi connectivity index (χ3n) is 2.51. The Hall–Kier alpha value is -2.17. The summed E-state index contributed by atoms with van der Waals surface area (Å²) >= 11 is 0. The lowest BCUT2D eigenvalue weighted by molar-refractivity contribution is -0.391. The third-order valence-corrected chi connectivity index (χ3v) is 2.51. The van der Waals surface area contributed by atoms with Crippen LogP contribution in [0.15, 0.2) is 30.3 Å². The van der Waals surface area contributed by atoms with Crippen LogP contribution in [0.1, 0.15) is 5.82 Å². The van der Waals surface area contributed by atoms with Gasteiger partial charge in [0.05, 0.1) is 7.05 Å². The van der Waals surface area contributed by atoms with Gasteiger partial charge in [-0.05, 0) is 4.92 Å². The van der Waals surface area contributed by atoms with E-state index in [1.807, 2.05) is 30.3 Å². The topological polar surface area (TPSA) is 61.0 Å². The lowest BCUT2D eigenvalue weighted by atomic mass is 10.1. The highest BCUT2D eigenvalue weighted by atomic mass is 16.6. The van der Waals surface area contributed by atoms with E-state index >= 15 is 0 Å². The first-order chi connectivity index (χ1) is 7.61. The minimum Gasteiger partial charge on any atom is -0.358 e. The number of hydrogen-bond acceptors (Lipinski definition) is 3. The van der Waals surface area contributed by atoms with Gasteiger partial charge in [-0.25, -0.2) is 9.55 Å². The van der Waals surface area contributed by atoms with Crippen LogP contribution in [0.2, 0.25) is 0 Å². The number of benzene rings is 1. The zero-order valence-electron chi connectivity index (χ0n) is 9.04. The first kappa shape index (κ1) is 10.4. The highest BCUT2D eigenvalue weighted by Gasteiger charge is 2.23.